The maximum absolute atomic E-state index is 13.4. The van der Waals surface area contributed by atoms with E-state index in [-0.39, 0.29) is 21.1 Å². The minimum Gasteiger partial charge on any atom is -0.368 e. The number of aryl methyl sites for hydroxylation is 2. The lowest BCUT2D eigenvalue weighted by Crippen LogP contribution is -2.75. The number of benzene rings is 2. The fraction of sp³-hybridized carbons (Fsp3) is 0.348. The van der Waals surface area contributed by atoms with Crippen LogP contribution in [0.4, 0.5) is 5.69 Å². The average Bonchev–Trinajstić information content (AvgIpc) is 3.16. The molecule has 1 spiro atoms. The van der Waals surface area contributed by atoms with Gasteiger partial charge in [0.15, 0.2) is 5.65 Å². The zero-order valence-corrected chi connectivity index (χ0v) is 19.5. The molecule has 10 heteroatoms. The zero-order chi connectivity index (χ0) is 23.1. The molecule has 0 bridgehead atoms. The Morgan fingerprint density at radius 2 is 1.88 bits per heavy atom. The van der Waals surface area contributed by atoms with Crippen LogP contribution >= 0.6 is 0 Å². The lowest BCUT2D eigenvalue weighted by atomic mass is 9.78. The van der Waals surface area contributed by atoms with Crippen molar-refractivity contribution in [3.05, 3.63) is 57.9 Å². The van der Waals surface area contributed by atoms with E-state index in [1.807, 2.05) is 25.1 Å². The quantitative estimate of drug-likeness (QED) is 0.494. The highest BCUT2D eigenvalue weighted by molar-refractivity contribution is 7.91. The van der Waals surface area contributed by atoms with Gasteiger partial charge >= 0.3 is 0 Å². The number of sulfone groups is 1. The van der Waals surface area contributed by atoms with Crippen molar-refractivity contribution in [1.29, 1.82) is 0 Å². The smallest absolute Gasteiger partial charge is 0.281 e. The summed E-state index contributed by atoms with van der Waals surface area (Å²) in [5.74, 6) is 0. The van der Waals surface area contributed by atoms with Crippen LogP contribution in [0.25, 0.3) is 16.6 Å². The summed E-state index contributed by atoms with van der Waals surface area (Å²) >= 11 is 0. The standard InChI is InChI=1S/C23H24N6O3S/c1-14-4-7-19(15(2)10-14)33(31,32)22-20-24-21(30)17-6-5-16(11-18(17)29(20)26-25-22)28-12-23(13-28)8-9-27(23)3/h4-7,10-11,26H,8-9,12-13H2,1-3H3. The van der Waals surface area contributed by atoms with Crippen molar-refractivity contribution >= 4 is 32.1 Å². The molecule has 0 saturated carbocycles. The van der Waals surface area contributed by atoms with Crippen LogP contribution in [0.3, 0.4) is 0 Å². The van der Waals surface area contributed by atoms with Crippen molar-refractivity contribution in [2.75, 3.05) is 31.6 Å². The molecular formula is C23H24N6O3S. The molecular weight excluding hydrogens is 440 g/mol. The fourth-order valence-electron chi connectivity index (χ4n) is 5.08. The summed E-state index contributed by atoms with van der Waals surface area (Å²) in [6, 6.07) is 10.7. The van der Waals surface area contributed by atoms with E-state index in [1.54, 1.807) is 25.1 Å². The van der Waals surface area contributed by atoms with Gasteiger partial charge in [0.25, 0.3) is 5.56 Å². The molecule has 2 aromatic carbocycles. The molecule has 170 valence electrons. The molecule has 0 amide bonds. The second-order valence-corrected chi connectivity index (χ2v) is 11.2. The summed E-state index contributed by atoms with van der Waals surface area (Å²) < 4.78 is 28.3. The van der Waals surface area contributed by atoms with Gasteiger partial charge in [-0.05, 0) is 57.1 Å². The van der Waals surface area contributed by atoms with Crippen molar-refractivity contribution < 1.29 is 8.42 Å². The van der Waals surface area contributed by atoms with Crippen LogP contribution in [0, 0.1) is 13.8 Å². The van der Waals surface area contributed by atoms with E-state index in [4.69, 9.17) is 0 Å². The third kappa shape index (κ3) is 2.80. The van der Waals surface area contributed by atoms with Gasteiger partial charge in [-0.1, -0.05) is 17.7 Å². The summed E-state index contributed by atoms with van der Waals surface area (Å²) in [6.45, 7) is 6.65. The SMILES string of the molecule is Cc1ccc(S(=O)(=O)c2n[nH]n3c2nc(=O)c2ccc(N4CC5(CCN5C)C4)cc23)c(C)c1. The van der Waals surface area contributed by atoms with Crippen LogP contribution in [0.1, 0.15) is 17.5 Å². The number of rotatable bonds is 3. The molecule has 6 rings (SSSR count). The first-order valence-corrected chi connectivity index (χ1v) is 12.4. The monoisotopic (exact) mass is 464 g/mol. The Morgan fingerprint density at radius 1 is 1.09 bits per heavy atom. The van der Waals surface area contributed by atoms with Crippen LogP contribution < -0.4 is 10.5 Å². The largest absolute Gasteiger partial charge is 0.368 e. The molecule has 2 aliphatic rings. The molecule has 0 unspecified atom stereocenters. The van der Waals surface area contributed by atoms with Crippen molar-refractivity contribution in [2.24, 2.45) is 0 Å². The maximum atomic E-state index is 13.4. The molecule has 33 heavy (non-hydrogen) atoms. The van der Waals surface area contributed by atoms with Gasteiger partial charge in [-0.3, -0.25) is 9.69 Å². The fourth-order valence-corrected chi connectivity index (χ4v) is 6.55. The summed E-state index contributed by atoms with van der Waals surface area (Å²) in [5, 5.41) is 7.02. The van der Waals surface area contributed by atoms with E-state index in [1.165, 1.54) is 10.9 Å². The van der Waals surface area contributed by atoms with Gasteiger partial charge in [-0.25, -0.2) is 18.1 Å². The third-order valence-electron chi connectivity index (χ3n) is 7.25. The third-order valence-corrected chi connectivity index (χ3v) is 9.07. The number of hydrogen-bond acceptors (Lipinski definition) is 7. The first-order chi connectivity index (χ1) is 15.7. The van der Waals surface area contributed by atoms with Gasteiger partial charge in [0.2, 0.25) is 14.9 Å². The second kappa shape index (κ2) is 6.64. The summed E-state index contributed by atoms with van der Waals surface area (Å²) in [4.78, 5) is 21.7. The van der Waals surface area contributed by atoms with E-state index < -0.39 is 15.4 Å². The number of fused-ring (bicyclic) bond motifs is 3. The number of aromatic amines is 1. The number of aromatic nitrogens is 4. The molecule has 1 N–H and O–H groups in total. The van der Waals surface area contributed by atoms with Gasteiger partial charge in [0.05, 0.1) is 21.3 Å². The van der Waals surface area contributed by atoms with Gasteiger partial charge in [-0.15, -0.1) is 5.10 Å². The molecule has 0 atom stereocenters. The highest BCUT2D eigenvalue weighted by atomic mass is 32.2. The Labute approximate surface area is 190 Å². The zero-order valence-electron chi connectivity index (χ0n) is 18.7. The molecule has 2 fully saturated rings. The highest BCUT2D eigenvalue weighted by Crippen LogP contribution is 2.40. The minimum atomic E-state index is -3.97. The van der Waals surface area contributed by atoms with E-state index in [9.17, 15) is 13.2 Å². The van der Waals surface area contributed by atoms with Crippen LogP contribution in [0.15, 0.2) is 51.1 Å². The van der Waals surface area contributed by atoms with Gasteiger partial charge in [0, 0.05) is 25.3 Å². The molecule has 2 aromatic heterocycles. The van der Waals surface area contributed by atoms with Gasteiger partial charge in [0.1, 0.15) is 0 Å². The summed E-state index contributed by atoms with van der Waals surface area (Å²) in [6.07, 6.45) is 1.20. The molecule has 2 saturated heterocycles. The molecule has 4 aromatic rings. The second-order valence-electron chi connectivity index (χ2n) is 9.32. The first-order valence-electron chi connectivity index (χ1n) is 10.9. The van der Waals surface area contributed by atoms with E-state index >= 15 is 0 Å². The number of anilines is 1. The van der Waals surface area contributed by atoms with Crippen LogP contribution in [-0.4, -0.2) is 65.4 Å². The maximum Gasteiger partial charge on any atom is 0.281 e. The van der Waals surface area contributed by atoms with E-state index in [0.29, 0.717) is 16.5 Å². The number of H-pyrrole nitrogens is 1. The number of nitrogens with zero attached hydrogens (tertiary/aromatic N) is 5. The van der Waals surface area contributed by atoms with Crippen molar-refractivity contribution in [3.8, 4) is 0 Å². The van der Waals surface area contributed by atoms with Crippen LogP contribution in [0.2, 0.25) is 0 Å². The van der Waals surface area contributed by atoms with Gasteiger partial charge in [-0.2, -0.15) is 4.98 Å². The first kappa shape index (κ1) is 20.4. The Balaban J connectivity index is 1.48. The lowest BCUT2D eigenvalue weighted by molar-refractivity contribution is -0.0127. The Bertz CT molecular complexity index is 1610. The van der Waals surface area contributed by atoms with Crippen molar-refractivity contribution in [1.82, 2.24) is 24.7 Å². The number of likely N-dealkylation sites (N-methyl/N-ethyl adjacent to an activating group) is 1. The molecule has 9 nitrogen and oxygen atoms in total. The minimum absolute atomic E-state index is 0.00318. The highest BCUT2D eigenvalue weighted by Gasteiger charge is 2.51. The van der Waals surface area contributed by atoms with E-state index in [0.717, 1.165) is 30.9 Å². The van der Waals surface area contributed by atoms with Gasteiger partial charge < -0.3 is 4.90 Å². The lowest BCUT2D eigenvalue weighted by Gasteiger charge is -2.62. The molecule has 0 radical (unpaired) electrons. The topological polar surface area (TPSA) is 104 Å². The number of nitrogens with one attached hydrogen (secondary N) is 1. The Morgan fingerprint density at radius 3 is 2.55 bits per heavy atom. The van der Waals surface area contributed by atoms with Crippen molar-refractivity contribution in [3.63, 3.8) is 0 Å². The number of likely N-dealkylation sites (tertiary alicyclic amines) is 1. The summed E-state index contributed by atoms with van der Waals surface area (Å²) in [5.41, 5.74) is 2.92. The Kier molecular flexibility index (Phi) is 4.10. The molecule has 2 aliphatic heterocycles. The van der Waals surface area contributed by atoms with Crippen molar-refractivity contribution in [2.45, 2.75) is 35.7 Å². The van der Waals surface area contributed by atoms with Crippen LogP contribution in [-0.2, 0) is 9.84 Å². The number of hydrogen-bond donors (Lipinski definition) is 1. The summed E-state index contributed by atoms with van der Waals surface area (Å²) in [7, 11) is -1.82. The average molecular weight is 465 g/mol. The normalized spacial score (nSPS) is 18.1. The predicted octanol–water partition coefficient (Wildman–Crippen LogP) is 1.91. The van der Waals surface area contributed by atoms with Crippen LogP contribution in [0.5, 0.6) is 0 Å². The Hall–Kier alpha value is -3.24. The molecule has 4 heterocycles. The predicted molar refractivity (Wildman–Crippen MR) is 125 cm³/mol. The molecule has 0 aliphatic carbocycles. The van der Waals surface area contributed by atoms with E-state index in [2.05, 4.69) is 32.1 Å².